The van der Waals surface area contributed by atoms with Crippen molar-refractivity contribution in [2.75, 3.05) is 6.54 Å². The number of hydrogen-bond acceptors (Lipinski definition) is 2. The van der Waals surface area contributed by atoms with Gasteiger partial charge in [0, 0.05) is 12.6 Å². The van der Waals surface area contributed by atoms with Gasteiger partial charge in [0.2, 0.25) is 5.91 Å². The molecule has 1 fully saturated rings. The number of carbonyl (C=O) groups excluding carboxylic acids is 1. The standard InChI is InChI=1S/C9H15NO2/c1-3-9(12)10(6-7(2)11)8-4-5-8/h3,7-8,11H,1,4-6H2,2H3/t7-/m1/s1. The summed E-state index contributed by atoms with van der Waals surface area (Å²) in [5.74, 6) is -0.0709. The lowest BCUT2D eigenvalue weighted by atomic mass is 10.3. The van der Waals surface area contributed by atoms with Crippen molar-refractivity contribution in [1.82, 2.24) is 4.90 Å². The number of aliphatic hydroxyl groups excluding tert-OH is 1. The van der Waals surface area contributed by atoms with Crippen molar-refractivity contribution in [3.8, 4) is 0 Å². The van der Waals surface area contributed by atoms with Gasteiger partial charge >= 0.3 is 0 Å². The molecule has 68 valence electrons. The lowest BCUT2D eigenvalue weighted by Crippen LogP contribution is -2.37. The fraction of sp³-hybridized carbons (Fsp3) is 0.667. The van der Waals surface area contributed by atoms with Gasteiger partial charge in [-0.05, 0) is 25.8 Å². The first-order chi connectivity index (χ1) is 5.65. The third-order valence-corrected chi connectivity index (χ3v) is 1.91. The summed E-state index contributed by atoms with van der Waals surface area (Å²) in [6.45, 7) is 5.54. The van der Waals surface area contributed by atoms with E-state index in [4.69, 9.17) is 5.11 Å². The third kappa shape index (κ3) is 2.34. The minimum absolute atomic E-state index is 0.0709. The SMILES string of the molecule is C=CC(=O)N(C[C@@H](C)O)C1CC1. The summed E-state index contributed by atoms with van der Waals surface area (Å²) in [6, 6.07) is 0.352. The first-order valence-electron chi connectivity index (χ1n) is 4.26. The van der Waals surface area contributed by atoms with Crippen LogP contribution in [0.5, 0.6) is 0 Å². The van der Waals surface area contributed by atoms with E-state index < -0.39 is 6.10 Å². The van der Waals surface area contributed by atoms with Gasteiger partial charge in [0.25, 0.3) is 0 Å². The van der Waals surface area contributed by atoms with E-state index in [-0.39, 0.29) is 5.91 Å². The van der Waals surface area contributed by atoms with Gasteiger partial charge in [0.05, 0.1) is 6.10 Å². The van der Waals surface area contributed by atoms with Crippen molar-refractivity contribution in [3.05, 3.63) is 12.7 Å². The maximum Gasteiger partial charge on any atom is 0.246 e. The molecule has 0 aromatic carbocycles. The molecule has 0 unspecified atom stereocenters. The van der Waals surface area contributed by atoms with E-state index in [1.165, 1.54) is 6.08 Å². The number of amides is 1. The molecular weight excluding hydrogens is 154 g/mol. The van der Waals surface area contributed by atoms with Crippen LogP contribution in [0.2, 0.25) is 0 Å². The average molecular weight is 169 g/mol. The minimum Gasteiger partial charge on any atom is -0.392 e. The second-order valence-corrected chi connectivity index (χ2v) is 3.27. The van der Waals surface area contributed by atoms with Crippen molar-refractivity contribution in [1.29, 1.82) is 0 Å². The predicted molar refractivity (Wildman–Crippen MR) is 46.6 cm³/mol. The summed E-state index contributed by atoms with van der Waals surface area (Å²) in [4.78, 5) is 12.9. The molecule has 12 heavy (non-hydrogen) atoms. The summed E-state index contributed by atoms with van der Waals surface area (Å²) in [6.07, 6.45) is 2.98. The zero-order valence-corrected chi connectivity index (χ0v) is 7.36. The Balaban J connectivity index is 2.48. The van der Waals surface area contributed by atoms with E-state index in [0.29, 0.717) is 12.6 Å². The fourth-order valence-corrected chi connectivity index (χ4v) is 1.21. The lowest BCUT2D eigenvalue weighted by Gasteiger charge is -2.21. The Morgan fingerprint density at radius 3 is 2.75 bits per heavy atom. The molecule has 0 radical (unpaired) electrons. The van der Waals surface area contributed by atoms with Crippen LogP contribution < -0.4 is 0 Å². The molecule has 1 rings (SSSR count). The van der Waals surface area contributed by atoms with E-state index >= 15 is 0 Å². The largest absolute Gasteiger partial charge is 0.392 e. The van der Waals surface area contributed by atoms with E-state index in [2.05, 4.69) is 6.58 Å². The Bertz CT molecular complexity index is 185. The predicted octanol–water partition coefficient (Wildman–Crippen LogP) is 0.544. The van der Waals surface area contributed by atoms with Gasteiger partial charge in [-0.25, -0.2) is 0 Å². The van der Waals surface area contributed by atoms with Crippen LogP contribution in [-0.2, 0) is 4.79 Å². The van der Waals surface area contributed by atoms with Crippen LogP contribution in [-0.4, -0.2) is 34.6 Å². The molecule has 1 atom stereocenters. The van der Waals surface area contributed by atoms with Crippen LogP contribution in [0.3, 0.4) is 0 Å². The van der Waals surface area contributed by atoms with Crippen molar-refractivity contribution >= 4 is 5.91 Å². The molecule has 0 aromatic rings. The summed E-state index contributed by atoms with van der Waals surface area (Å²) in [5.41, 5.74) is 0. The number of carbonyl (C=O) groups is 1. The first kappa shape index (κ1) is 9.26. The van der Waals surface area contributed by atoms with Crippen LogP contribution in [0.4, 0.5) is 0 Å². The average Bonchev–Trinajstić information content (AvgIpc) is 2.81. The summed E-state index contributed by atoms with van der Waals surface area (Å²) in [7, 11) is 0. The minimum atomic E-state index is -0.450. The van der Waals surface area contributed by atoms with Gasteiger partial charge in [-0.1, -0.05) is 6.58 Å². The van der Waals surface area contributed by atoms with E-state index in [0.717, 1.165) is 12.8 Å². The number of aliphatic hydroxyl groups is 1. The molecule has 1 aliphatic rings. The Kier molecular flexibility index (Phi) is 2.87. The van der Waals surface area contributed by atoms with Crippen molar-refractivity contribution in [2.24, 2.45) is 0 Å². The molecule has 1 aliphatic carbocycles. The Morgan fingerprint density at radius 2 is 2.42 bits per heavy atom. The number of nitrogens with zero attached hydrogens (tertiary/aromatic N) is 1. The van der Waals surface area contributed by atoms with Gasteiger partial charge in [0.1, 0.15) is 0 Å². The van der Waals surface area contributed by atoms with Gasteiger partial charge in [-0.15, -0.1) is 0 Å². The van der Waals surface area contributed by atoms with Gasteiger partial charge < -0.3 is 10.0 Å². The van der Waals surface area contributed by atoms with Crippen LogP contribution in [0.1, 0.15) is 19.8 Å². The second kappa shape index (κ2) is 3.72. The molecule has 0 spiro atoms. The molecule has 3 heteroatoms. The van der Waals surface area contributed by atoms with Gasteiger partial charge in [-0.2, -0.15) is 0 Å². The summed E-state index contributed by atoms with van der Waals surface area (Å²) >= 11 is 0. The third-order valence-electron chi connectivity index (χ3n) is 1.91. The molecule has 1 amide bonds. The second-order valence-electron chi connectivity index (χ2n) is 3.27. The zero-order chi connectivity index (χ0) is 9.14. The van der Waals surface area contributed by atoms with Crippen LogP contribution >= 0.6 is 0 Å². The number of hydrogen-bond donors (Lipinski definition) is 1. The quantitative estimate of drug-likeness (QED) is 0.624. The lowest BCUT2D eigenvalue weighted by molar-refractivity contribution is -0.127. The van der Waals surface area contributed by atoms with Gasteiger partial charge in [0.15, 0.2) is 0 Å². The molecule has 1 saturated carbocycles. The maximum atomic E-state index is 11.2. The highest BCUT2D eigenvalue weighted by molar-refractivity contribution is 5.87. The molecule has 0 heterocycles. The Morgan fingerprint density at radius 1 is 1.83 bits per heavy atom. The summed E-state index contributed by atoms with van der Waals surface area (Å²) in [5, 5.41) is 9.12. The fourth-order valence-electron chi connectivity index (χ4n) is 1.21. The van der Waals surface area contributed by atoms with Gasteiger partial charge in [-0.3, -0.25) is 4.79 Å². The highest BCUT2D eigenvalue weighted by Crippen LogP contribution is 2.27. The van der Waals surface area contributed by atoms with Crippen molar-refractivity contribution < 1.29 is 9.90 Å². The highest BCUT2D eigenvalue weighted by atomic mass is 16.3. The normalized spacial score (nSPS) is 18.5. The molecular formula is C9H15NO2. The van der Waals surface area contributed by atoms with E-state index in [1.807, 2.05) is 0 Å². The summed E-state index contributed by atoms with van der Waals surface area (Å²) < 4.78 is 0. The molecule has 1 N–H and O–H groups in total. The first-order valence-corrected chi connectivity index (χ1v) is 4.26. The molecule has 0 bridgehead atoms. The Hall–Kier alpha value is -0.830. The smallest absolute Gasteiger partial charge is 0.246 e. The number of rotatable bonds is 4. The molecule has 3 nitrogen and oxygen atoms in total. The van der Waals surface area contributed by atoms with E-state index in [9.17, 15) is 4.79 Å². The molecule has 0 aliphatic heterocycles. The van der Waals surface area contributed by atoms with Crippen LogP contribution in [0.15, 0.2) is 12.7 Å². The highest BCUT2D eigenvalue weighted by Gasteiger charge is 2.31. The topological polar surface area (TPSA) is 40.5 Å². The monoisotopic (exact) mass is 169 g/mol. The van der Waals surface area contributed by atoms with Crippen LogP contribution in [0.25, 0.3) is 0 Å². The maximum absolute atomic E-state index is 11.2. The molecule has 0 aromatic heterocycles. The van der Waals surface area contributed by atoms with E-state index in [1.54, 1.807) is 11.8 Å². The zero-order valence-electron chi connectivity index (χ0n) is 7.36. The molecule has 0 saturated heterocycles. The van der Waals surface area contributed by atoms with Crippen molar-refractivity contribution in [2.45, 2.75) is 31.9 Å². The Labute approximate surface area is 72.7 Å². The van der Waals surface area contributed by atoms with Crippen molar-refractivity contribution in [3.63, 3.8) is 0 Å². The van der Waals surface area contributed by atoms with Crippen LogP contribution in [0, 0.1) is 0 Å².